The molecule has 0 saturated heterocycles. The van der Waals surface area contributed by atoms with Crippen molar-refractivity contribution < 1.29 is 23.1 Å². The molecule has 36 heavy (non-hydrogen) atoms. The smallest absolute Gasteiger partial charge is 0.411 e. The van der Waals surface area contributed by atoms with Gasteiger partial charge in [0.15, 0.2) is 0 Å². The highest BCUT2D eigenvalue weighted by Gasteiger charge is 2.32. The van der Waals surface area contributed by atoms with Crippen LogP contribution in [0.15, 0.2) is 42.5 Å². The lowest BCUT2D eigenvalue weighted by atomic mass is 9.81. The molecule has 0 atom stereocenters. The van der Waals surface area contributed by atoms with Gasteiger partial charge in [0.2, 0.25) is 10.0 Å². The van der Waals surface area contributed by atoms with Gasteiger partial charge in [-0.25, -0.2) is 17.9 Å². The van der Waals surface area contributed by atoms with E-state index in [9.17, 15) is 23.1 Å². The molecule has 9 heteroatoms. The second-order valence-corrected chi connectivity index (χ2v) is 10.9. The molecule has 1 aliphatic heterocycles. The summed E-state index contributed by atoms with van der Waals surface area (Å²) in [5.74, 6) is -0.340. The van der Waals surface area contributed by atoms with Gasteiger partial charge in [0.05, 0.1) is 17.6 Å². The number of nitrogens with one attached hydrogen (secondary N) is 1. The zero-order valence-electron chi connectivity index (χ0n) is 21.0. The van der Waals surface area contributed by atoms with Gasteiger partial charge < -0.3 is 9.67 Å². The number of hydrogen-bond donors (Lipinski definition) is 2. The van der Waals surface area contributed by atoms with Crippen molar-refractivity contribution >= 4 is 38.6 Å². The van der Waals surface area contributed by atoms with Gasteiger partial charge in [-0.3, -0.25) is 9.69 Å². The molecule has 0 spiro atoms. The van der Waals surface area contributed by atoms with Gasteiger partial charge >= 0.3 is 6.09 Å². The summed E-state index contributed by atoms with van der Waals surface area (Å²) in [7, 11) is -3.69. The number of nitrogens with zero attached hydrogens (tertiary/aromatic N) is 2. The number of sulfonamides is 1. The second kappa shape index (κ2) is 10.3. The molecule has 1 fully saturated rings. The highest BCUT2D eigenvalue weighted by Crippen LogP contribution is 2.47. The second-order valence-electron chi connectivity index (χ2n) is 9.14. The van der Waals surface area contributed by atoms with E-state index in [1.165, 1.54) is 16.9 Å². The van der Waals surface area contributed by atoms with Gasteiger partial charge in [-0.1, -0.05) is 57.4 Å². The molecule has 2 aromatic carbocycles. The van der Waals surface area contributed by atoms with Crippen LogP contribution in [0.4, 0.5) is 10.5 Å². The van der Waals surface area contributed by atoms with Crippen LogP contribution in [-0.4, -0.2) is 42.9 Å². The molecule has 2 amide bonds. The van der Waals surface area contributed by atoms with Crippen LogP contribution in [0.1, 0.15) is 67.8 Å². The van der Waals surface area contributed by atoms with E-state index in [-0.39, 0.29) is 12.1 Å². The number of carbonyl (C=O) groups excluding carboxylic acids is 1. The average molecular weight is 512 g/mol. The van der Waals surface area contributed by atoms with Crippen molar-refractivity contribution in [2.24, 2.45) is 0 Å². The number of hydrogen-bond acceptors (Lipinski definition) is 4. The number of aromatic nitrogens is 1. The van der Waals surface area contributed by atoms with Crippen LogP contribution >= 0.6 is 0 Å². The molecule has 1 saturated carbocycles. The molecule has 1 aromatic heterocycles. The van der Waals surface area contributed by atoms with Gasteiger partial charge in [-0.2, -0.15) is 0 Å². The van der Waals surface area contributed by atoms with Crippen LogP contribution in [0.5, 0.6) is 0 Å². The fraction of sp³-hybridized carbons (Fsp3) is 0.407. The number of benzene rings is 2. The molecule has 1 aliphatic carbocycles. The van der Waals surface area contributed by atoms with Gasteiger partial charge in [0.1, 0.15) is 0 Å². The molecule has 2 heterocycles. The molecule has 5 rings (SSSR count). The molecular formula is C27H33N3O5S. The molecule has 0 unspecified atom stereocenters. The summed E-state index contributed by atoms with van der Waals surface area (Å²) in [5, 5.41) is 10.9. The van der Waals surface area contributed by atoms with Crippen molar-refractivity contribution in [1.82, 2.24) is 9.29 Å². The molecule has 8 nitrogen and oxygen atoms in total. The molecule has 0 bridgehead atoms. The number of para-hydroxylation sites is 1. The van der Waals surface area contributed by atoms with Crippen LogP contribution in [-0.2, 0) is 16.6 Å². The molecule has 3 aromatic rings. The fourth-order valence-corrected chi connectivity index (χ4v) is 5.95. The first-order valence-corrected chi connectivity index (χ1v) is 14.4. The van der Waals surface area contributed by atoms with Crippen molar-refractivity contribution in [3.05, 3.63) is 53.6 Å². The summed E-state index contributed by atoms with van der Waals surface area (Å²) in [6.07, 6.45) is 5.58. The van der Waals surface area contributed by atoms with E-state index in [2.05, 4.69) is 4.57 Å². The van der Waals surface area contributed by atoms with Crippen LogP contribution in [0.3, 0.4) is 0 Å². The zero-order chi connectivity index (χ0) is 26.0. The Kier molecular flexibility index (Phi) is 7.40. The largest absolute Gasteiger partial charge is 0.465 e. The number of carboxylic acid groups (broad SMARTS) is 1. The predicted molar refractivity (Wildman–Crippen MR) is 142 cm³/mol. The number of rotatable bonds is 3. The Labute approximate surface area is 212 Å². The lowest BCUT2D eigenvalue weighted by Gasteiger charge is -2.24. The molecule has 192 valence electrons. The van der Waals surface area contributed by atoms with Gasteiger partial charge in [0.25, 0.3) is 5.91 Å². The first kappa shape index (κ1) is 25.8. The minimum Gasteiger partial charge on any atom is -0.465 e. The van der Waals surface area contributed by atoms with Crippen molar-refractivity contribution in [3.8, 4) is 11.3 Å². The maximum absolute atomic E-state index is 12.6. The third-order valence-corrected chi connectivity index (χ3v) is 7.44. The van der Waals surface area contributed by atoms with Crippen molar-refractivity contribution in [2.45, 2.75) is 58.4 Å². The van der Waals surface area contributed by atoms with Gasteiger partial charge in [-0.05, 0) is 42.5 Å². The van der Waals surface area contributed by atoms with Crippen LogP contribution in [0.2, 0.25) is 0 Å². The van der Waals surface area contributed by atoms with E-state index in [1.54, 1.807) is 12.1 Å². The van der Waals surface area contributed by atoms with Crippen LogP contribution in [0, 0.1) is 0 Å². The average Bonchev–Trinajstić information content (AvgIpc) is 3.08. The summed E-state index contributed by atoms with van der Waals surface area (Å²) in [6, 6.07) is 12.9. The Bertz CT molecular complexity index is 1400. The predicted octanol–water partition coefficient (Wildman–Crippen LogP) is 5.57. The minimum absolute atomic E-state index is 0.251. The van der Waals surface area contributed by atoms with E-state index < -0.39 is 22.0 Å². The summed E-state index contributed by atoms with van der Waals surface area (Å²) in [5.41, 5.74) is 4.79. The number of amides is 2. The molecular weight excluding hydrogens is 478 g/mol. The SMILES string of the molecule is CC.CS(=O)(=O)NC(=O)c1ccc2c(C3CCCCC3)c3n(c2c1)CCN(C(=O)O)c1ccccc1-3. The Morgan fingerprint density at radius 3 is 2.36 bits per heavy atom. The lowest BCUT2D eigenvalue weighted by Crippen LogP contribution is -2.31. The molecule has 2 aliphatic rings. The third kappa shape index (κ3) is 4.84. The topological polar surface area (TPSA) is 109 Å². The monoisotopic (exact) mass is 511 g/mol. The number of carbonyl (C=O) groups is 2. The van der Waals surface area contributed by atoms with Crippen LogP contribution in [0.25, 0.3) is 22.2 Å². The molecule has 0 radical (unpaired) electrons. The highest BCUT2D eigenvalue weighted by atomic mass is 32.2. The van der Waals surface area contributed by atoms with E-state index in [0.29, 0.717) is 18.2 Å². The summed E-state index contributed by atoms with van der Waals surface area (Å²) in [6.45, 7) is 4.70. The van der Waals surface area contributed by atoms with Crippen molar-refractivity contribution in [2.75, 3.05) is 17.7 Å². The normalized spacial score (nSPS) is 15.8. The quantitative estimate of drug-likeness (QED) is 0.478. The standard InChI is InChI=1S/C25H27N3O5S.C2H6/c1-34(32,33)26-24(29)17-11-12-18-21(15-17)27-13-14-28(25(30)31)20-10-6-5-9-19(20)23(27)22(18)16-7-3-2-4-8-16;1-2/h5-6,9-12,15-16H,2-4,7-8,13-14H2,1H3,(H,26,29)(H,30,31);1-2H3. The van der Waals surface area contributed by atoms with Gasteiger partial charge in [0, 0.05) is 35.1 Å². The first-order valence-electron chi connectivity index (χ1n) is 12.5. The fourth-order valence-electron chi connectivity index (χ4n) is 5.50. The van der Waals surface area contributed by atoms with Crippen molar-refractivity contribution in [1.29, 1.82) is 0 Å². The minimum atomic E-state index is -3.69. The van der Waals surface area contributed by atoms with E-state index in [0.717, 1.165) is 54.1 Å². The number of fused-ring (bicyclic) bond motifs is 5. The Balaban J connectivity index is 0.00000148. The highest BCUT2D eigenvalue weighted by molar-refractivity contribution is 7.89. The maximum Gasteiger partial charge on any atom is 0.411 e. The lowest BCUT2D eigenvalue weighted by molar-refractivity contribution is 0.0981. The first-order chi connectivity index (χ1) is 17.2. The number of anilines is 1. The Morgan fingerprint density at radius 1 is 1.00 bits per heavy atom. The van der Waals surface area contributed by atoms with E-state index in [4.69, 9.17) is 0 Å². The Hall–Kier alpha value is -3.33. The van der Waals surface area contributed by atoms with Gasteiger partial charge in [-0.15, -0.1) is 0 Å². The van der Waals surface area contributed by atoms with E-state index >= 15 is 0 Å². The summed E-state index contributed by atoms with van der Waals surface area (Å²) in [4.78, 5) is 26.1. The summed E-state index contributed by atoms with van der Waals surface area (Å²) >= 11 is 0. The summed E-state index contributed by atoms with van der Waals surface area (Å²) < 4.78 is 27.4. The maximum atomic E-state index is 12.6. The molecule has 2 N–H and O–H groups in total. The van der Waals surface area contributed by atoms with E-state index in [1.807, 2.05) is 48.9 Å². The van der Waals surface area contributed by atoms with Crippen LogP contribution < -0.4 is 9.62 Å². The zero-order valence-corrected chi connectivity index (χ0v) is 21.8. The Morgan fingerprint density at radius 2 is 1.69 bits per heavy atom. The van der Waals surface area contributed by atoms with Crippen molar-refractivity contribution in [3.63, 3.8) is 0 Å². The third-order valence-electron chi connectivity index (χ3n) is 6.89.